The number of hydrogen-bond donors (Lipinski definition) is 1. The lowest BCUT2D eigenvalue weighted by molar-refractivity contribution is 0.0976. The predicted octanol–water partition coefficient (Wildman–Crippen LogP) is 5.32. The van der Waals surface area contributed by atoms with Crippen LogP contribution in [0.3, 0.4) is 0 Å². The van der Waals surface area contributed by atoms with Crippen LogP contribution in [-0.4, -0.2) is 42.6 Å². The second-order valence-electron chi connectivity index (χ2n) is 9.01. The molecule has 0 unspecified atom stereocenters. The highest BCUT2D eigenvalue weighted by atomic mass is 19.1. The van der Waals surface area contributed by atoms with Crippen molar-refractivity contribution in [3.05, 3.63) is 90.1 Å². The predicted molar refractivity (Wildman–Crippen MR) is 138 cm³/mol. The third kappa shape index (κ3) is 4.90. The number of benzene rings is 3. The second kappa shape index (κ2) is 10.4. The Labute approximate surface area is 208 Å². The average Bonchev–Trinajstić information content (AvgIpc) is 2.92. The Morgan fingerprint density at radius 2 is 1.75 bits per heavy atom. The average molecular weight is 488 g/mol. The van der Waals surface area contributed by atoms with Crippen molar-refractivity contribution in [2.75, 3.05) is 36.5 Å². The van der Waals surface area contributed by atoms with Crippen LogP contribution in [0.15, 0.2) is 72.9 Å². The van der Waals surface area contributed by atoms with Crippen LogP contribution in [0.2, 0.25) is 0 Å². The summed E-state index contributed by atoms with van der Waals surface area (Å²) in [5.41, 5.74) is 0.708. The monoisotopic (exact) mass is 487 g/mol. The molecule has 0 atom stereocenters. The Kier molecular flexibility index (Phi) is 6.86. The van der Waals surface area contributed by atoms with Crippen LogP contribution in [0.4, 0.5) is 26.2 Å². The van der Waals surface area contributed by atoms with Gasteiger partial charge in [-0.3, -0.25) is 9.69 Å². The quantitative estimate of drug-likeness (QED) is 0.399. The van der Waals surface area contributed by atoms with Gasteiger partial charge in [0.05, 0.1) is 5.56 Å². The normalized spacial score (nSPS) is 14.1. The molecule has 0 saturated carbocycles. The van der Waals surface area contributed by atoms with Crippen molar-refractivity contribution >= 4 is 34.1 Å². The number of nitrogens with one attached hydrogen (secondary N) is 1. The van der Waals surface area contributed by atoms with Gasteiger partial charge in [0.1, 0.15) is 17.5 Å². The van der Waals surface area contributed by atoms with Crippen molar-refractivity contribution in [3.8, 4) is 0 Å². The molecule has 0 radical (unpaired) electrons. The molecule has 1 fully saturated rings. The summed E-state index contributed by atoms with van der Waals surface area (Å²) in [5, 5.41) is 4.49. The molecule has 6 nitrogen and oxygen atoms in total. The fraction of sp³-hybridized carbons (Fsp3) is 0.250. The highest BCUT2D eigenvalue weighted by Crippen LogP contribution is 2.27. The molecule has 1 N–H and O–H groups in total. The van der Waals surface area contributed by atoms with Crippen LogP contribution in [0, 0.1) is 17.6 Å². The number of anilines is 3. The van der Waals surface area contributed by atoms with E-state index in [9.17, 15) is 9.18 Å². The minimum absolute atomic E-state index is 0.00897. The van der Waals surface area contributed by atoms with Gasteiger partial charge in [0.15, 0.2) is 0 Å². The van der Waals surface area contributed by atoms with Gasteiger partial charge < -0.3 is 10.2 Å². The van der Waals surface area contributed by atoms with Crippen molar-refractivity contribution < 1.29 is 13.6 Å². The fourth-order valence-corrected chi connectivity index (χ4v) is 4.58. The van der Waals surface area contributed by atoms with Gasteiger partial charge in [-0.05, 0) is 73.6 Å². The molecule has 0 spiro atoms. The van der Waals surface area contributed by atoms with E-state index in [4.69, 9.17) is 0 Å². The maximum atomic E-state index is 15.5. The maximum absolute atomic E-state index is 15.5. The number of piperidine rings is 1. The number of hydrogen-bond acceptors (Lipinski definition) is 5. The van der Waals surface area contributed by atoms with E-state index in [0.717, 1.165) is 31.3 Å². The lowest BCUT2D eigenvalue weighted by atomic mass is 9.97. The first-order valence-electron chi connectivity index (χ1n) is 12.0. The van der Waals surface area contributed by atoms with Gasteiger partial charge in [0.2, 0.25) is 5.95 Å². The summed E-state index contributed by atoms with van der Waals surface area (Å²) in [5.74, 6) is -0.312. The minimum Gasteiger partial charge on any atom is -0.317 e. The number of fused-ring (bicyclic) bond motifs is 1. The summed E-state index contributed by atoms with van der Waals surface area (Å²) in [4.78, 5) is 26.1. The van der Waals surface area contributed by atoms with Gasteiger partial charge in [-0.15, -0.1) is 0 Å². The number of rotatable bonds is 6. The minimum atomic E-state index is -0.536. The molecule has 0 bridgehead atoms. The van der Waals surface area contributed by atoms with Crippen molar-refractivity contribution in [1.29, 1.82) is 0 Å². The number of carbonyl (C=O) groups is 1. The largest absolute Gasteiger partial charge is 0.317 e. The van der Waals surface area contributed by atoms with E-state index in [1.807, 2.05) is 12.1 Å². The molecule has 4 aromatic rings. The Hall–Kier alpha value is -3.91. The maximum Gasteiger partial charge on any atom is 0.262 e. The Bertz CT molecular complexity index is 1370. The van der Waals surface area contributed by atoms with Crippen molar-refractivity contribution in [2.24, 2.45) is 5.92 Å². The standard InChI is InChI=1S/C28H27F2N5O/c1-34(22-9-7-21(29)8-10-22)28-32-17-14-25(33-28)35(18-19-12-15-31-16-13-19)27(36)24-11-6-20-4-2-3-5-23(20)26(24)30/h2-11,14,17,19,31H,12-13,15-16,18H2,1H3. The summed E-state index contributed by atoms with van der Waals surface area (Å²) >= 11 is 0. The van der Waals surface area contributed by atoms with Gasteiger partial charge in [0, 0.05) is 30.9 Å². The van der Waals surface area contributed by atoms with Crippen LogP contribution in [0.1, 0.15) is 23.2 Å². The summed E-state index contributed by atoms with van der Waals surface area (Å²) in [6, 6.07) is 18.1. The highest BCUT2D eigenvalue weighted by molar-refractivity contribution is 6.08. The third-order valence-electron chi connectivity index (χ3n) is 6.66. The molecule has 8 heteroatoms. The molecule has 3 aromatic carbocycles. The molecule has 1 amide bonds. The van der Waals surface area contributed by atoms with Crippen LogP contribution < -0.4 is 15.1 Å². The van der Waals surface area contributed by atoms with Crippen molar-refractivity contribution in [1.82, 2.24) is 15.3 Å². The third-order valence-corrected chi connectivity index (χ3v) is 6.66. The Balaban J connectivity index is 1.52. The molecular formula is C28H27F2N5O. The van der Waals surface area contributed by atoms with Crippen LogP contribution in [0.25, 0.3) is 10.8 Å². The van der Waals surface area contributed by atoms with E-state index < -0.39 is 11.7 Å². The molecule has 184 valence electrons. The zero-order chi connectivity index (χ0) is 25.1. The SMILES string of the molecule is CN(c1ccc(F)cc1)c1nccc(N(CC2CCNCC2)C(=O)c2ccc3ccccc3c2F)n1. The molecule has 2 heterocycles. The number of aromatic nitrogens is 2. The molecule has 36 heavy (non-hydrogen) atoms. The zero-order valence-electron chi connectivity index (χ0n) is 20.0. The molecular weight excluding hydrogens is 460 g/mol. The lowest BCUT2D eigenvalue weighted by Crippen LogP contribution is -2.40. The number of amides is 1. The molecule has 0 aliphatic carbocycles. The second-order valence-corrected chi connectivity index (χ2v) is 9.01. The molecule has 1 aliphatic rings. The van der Waals surface area contributed by atoms with Gasteiger partial charge in [0.25, 0.3) is 5.91 Å². The van der Waals surface area contributed by atoms with Gasteiger partial charge in [-0.25, -0.2) is 13.8 Å². The van der Waals surface area contributed by atoms with E-state index >= 15 is 4.39 Å². The Morgan fingerprint density at radius 1 is 1.00 bits per heavy atom. The highest BCUT2D eigenvalue weighted by Gasteiger charge is 2.27. The molecule has 1 aliphatic heterocycles. The Morgan fingerprint density at radius 3 is 2.53 bits per heavy atom. The smallest absolute Gasteiger partial charge is 0.262 e. The van der Waals surface area contributed by atoms with Crippen LogP contribution in [-0.2, 0) is 0 Å². The molecule has 1 saturated heterocycles. The van der Waals surface area contributed by atoms with Crippen molar-refractivity contribution in [2.45, 2.75) is 12.8 Å². The van der Waals surface area contributed by atoms with Crippen LogP contribution >= 0.6 is 0 Å². The first-order valence-corrected chi connectivity index (χ1v) is 12.0. The summed E-state index contributed by atoms with van der Waals surface area (Å²) < 4.78 is 28.9. The summed E-state index contributed by atoms with van der Waals surface area (Å²) in [6.07, 6.45) is 3.41. The van der Waals surface area contributed by atoms with E-state index in [2.05, 4.69) is 15.3 Å². The summed E-state index contributed by atoms with van der Waals surface area (Å²) in [6.45, 7) is 2.17. The van der Waals surface area contributed by atoms with E-state index in [0.29, 0.717) is 29.4 Å². The topological polar surface area (TPSA) is 61.4 Å². The van der Waals surface area contributed by atoms with Gasteiger partial charge >= 0.3 is 0 Å². The van der Waals surface area contributed by atoms with Crippen LogP contribution in [0.5, 0.6) is 0 Å². The van der Waals surface area contributed by atoms with Crippen molar-refractivity contribution in [3.63, 3.8) is 0 Å². The number of halogens is 2. The van der Waals surface area contributed by atoms with E-state index in [1.54, 1.807) is 65.5 Å². The van der Waals surface area contributed by atoms with Gasteiger partial charge in [-0.2, -0.15) is 4.98 Å². The lowest BCUT2D eigenvalue weighted by Gasteiger charge is -2.30. The molecule has 1 aromatic heterocycles. The fourth-order valence-electron chi connectivity index (χ4n) is 4.58. The zero-order valence-corrected chi connectivity index (χ0v) is 20.0. The van der Waals surface area contributed by atoms with E-state index in [1.165, 1.54) is 12.1 Å². The van der Waals surface area contributed by atoms with E-state index in [-0.39, 0.29) is 17.3 Å². The first-order chi connectivity index (χ1) is 17.5. The first kappa shape index (κ1) is 23.8. The van der Waals surface area contributed by atoms with Gasteiger partial charge in [-0.1, -0.05) is 30.3 Å². The summed E-state index contributed by atoms with van der Waals surface area (Å²) in [7, 11) is 1.77. The number of carbonyl (C=O) groups excluding carboxylic acids is 1. The molecule has 5 rings (SSSR count). The number of nitrogens with zero attached hydrogens (tertiary/aromatic N) is 4.